The van der Waals surface area contributed by atoms with E-state index in [4.69, 9.17) is 19.6 Å². The zero-order valence-corrected chi connectivity index (χ0v) is 19.5. The number of nitrogens with zero attached hydrogens (tertiary/aromatic N) is 4. The monoisotopic (exact) mass is 433 g/mol. The van der Waals surface area contributed by atoms with E-state index in [0.29, 0.717) is 19.0 Å². The molecule has 168 valence electrons. The minimum atomic E-state index is 0.280. The van der Waals surface area contributed by atoms with Gasteiger partial charge in [0.2, 0.25) is 5.90 Å². The van der Waals surface area contributed by atoms with Gasteiger partial charge in [-0.05, 0) is 43.0 Å². The van der Waals surface area contributed by atoms with Crippen LogP contribution in [0, 0.1) is 0 Å². The molecule has 1 aromatic carbocycles. The smallest absolute Gasteiger partial charge is 0.217 e. The molecule has 0 unspecified atom stereocenters. The predicted molar refractivity (Wildman–Crippen MR) is 129 cm³/mol. The van der Waals surface area contributed by atoms with Crippen molar-refractivity contribution in [2.45, 2.75) is 39.7 Å². The van der Waals surface area contributed by atoms with Crippen LogP contribution in [0.25, 0.3) is 16.6 Å². The summed E-state index contributed by atoms with van der Waals surface area (Å²) < 4.78 is 13.0. The number of fused-ring (bicyclic) bond motifs is 1. The summed E-state index contributed by atoms with van der Waals surface area (Å²) in [6.45, 7) is 8.29. The number of hydrogen-bond acceptors (Lipinski definition) is 6. The van der Waals surface area contributed by atoms with Crippen molar-refractivity contribution in [1.82, 2.24) is 14.8 Å². The number of hydrogen-bond donors (Lipinski definition) is 1. The van der Waals surface area contributed by atoms with Crippen LogP contribution in [-0.2, 0) is 18.3 Å². The van der Waals surface area contributed by atoms with Gasteiger partial charge in [0.15, 0.2) is 5.65 Å². The first-order valence-electron chi connectivity index (χ1n) is 11.1. The number of nitrogens with one attached hydrogen (secondary N) is 1. The Balaban J connectivity index is 1.77. The Morgan fingerprint density at radius 1 is 1.19 bits per heavy atom. The summed E-state index contributed by atoms with van der Waals surface area (Å²) in [7, 11) is 3.63. The number of aryl methyl sites for hydroxylation is 1. The van der Waals surface area contributed by atoms with Crippen LogP contribution in [-0.4, -0.2) is 40.9 Å². The number of aromatic nitrogens is 3. The average Bonchev–Trinajstić information content (AvgIpc) is 3.15. The standard InChI is InChI=1S/C25H31N5O2/c1-6-32-25-19(8-7-13-26-25)20-14-21(27-15-17-9-11-18(31-5)12-10-17)22-23(16(2)3)29-30(4)24(22)28-20/h8-12,14,16H,6-7,13,15H2,1-5H3,(H,27,28). The van der Waals surface area contributed by atoms with Gasteiger partial charge in [0.1, 0.15) is 5.75 Å². The molecule has 3 aromatic rings. The summed E-state index contributed by atoms with van der Waals surface area (Å²) in [6, 6.07) is 10.2. The van der Waals surface area contributed by atoms with Crippen molar-refractivity contribution < 1.29 is 9.47 Å². The number of rotatable bonds is 7. The van der Waals surface area contributed by atoms with Crippen LogP contribution in [0.3, 0.4) is 0 Å². The molecule has 0 saturated carbocycles. The van der Waals surface area contributed by atoms with Crippen molar-refractivity contribution in [1.29, 1.82) is 0 Å². The molecule has 3 heterocycles. The third-order valence-electron chi connectivity index (χ3n) is 5.53. The number of dihydropyridines is 1. The van der Waals surface area contributed by atoms with Crippen molar-refractivity contribution in [2.24, 2.45) is 12.0 Å². The quantitative estimate of drug-likeness (QED) is 0.572. The lowest BCUT2D eigenvalue weighted by Crippen LogP contribution is -2.13. The largest absolute Gasteiger partial charge is 0.497 e. The first-order chi connectivity index (χ1) is 15.5. The van der Waals surface area contributed by atoms with Crippen molar-refractivity contribution in [3.05, 3.63) is 53.4 Å². The van der Waals surface area contributed by atoms with Crippen LogP contribution >= 0.6 is 0 Å². The highest BCUT2D eigenvalue weighted by molar-refractivity contribution is 6.20. The Bertz CT molecular complexity index is 1160. The van der Waals surface area contributed by atoms with Gasteiger partial charge in [0.25, 0.3) is 0 Å². The fraction of sp³-hybridized carbons (Fsp3) is 0.400. The molecule has 1 aliphatic heterocycles. The molecule has 7 nitrogen and oxygen atoms in total. The average molecular weight is 434 g/mol. The maximum Gasteiger partial charge on any atom is 0.217 e. The first-order valence-corrected chi connectivity index (χ1v) is 11.1. The van der Waals surface area contributed by atoms with Crippen LogP contribution in [0.5, 0.6) is 5.75 Å². The number of anilines is 1. The number of aliphatic imine (C=N–C) groups is 1. The lowest BCUT2D eigenvalue weighted by atomic mass is 10.0. The number of ether oxygens (including phenoxy) is 2. The van der Waals surface area contributed by atoms with Gasteiger partial charge < -0.3 is 14.8 Å². The topological polar surface area (TPSA) is 73.6 Å². The minimum absolute atomic E-state index is 0.280. The molecule has 0 fully saturated rings. The van der Waals surface area contributed by atoms with Gasteiger partial charge in [-0.3, -0.25) is 9.67 Å². The van der Waals surface area contributed by atoms with Crippen LogP contribution in [0.4, 0.5) is 5.69 Å². The number of methoxy groups -OCH3 is 1. The maximum atomic E-state index is 5.81. The maximum absolute atomic E-state index is 5.81. The number of benzene rings is 1. The molecule has 0 radical (unpaired) electrons. The molecule has 0 spiro atoms. The third-order valence-corrected chi connectivity index (χ3v) is 5.53. The molecule has 4 rings (SSSR count). The summed E-state index contributed by atoms with van der Waals surface area (Å²) >= 11 is 0. The number of pyridine rings is 1. The van der Waals surface area contributed by atoms with E-state index in [1.54, 1.807) is 7.11 Å². The Morgan fingerprint density at radius 2 is 1.97 bits per heavy atom. The molecule has 0 atom stereocenters. The third kappa shape index (κ3) is 4.33. The van der Waals surface area contributed by atoms with E-state index in [2.05, 4.69) is 48.4 Å². The summed E-state index contributed by atoms with van der Waals surface area (Å²) in [5.74, 6) is 1.80. The van der Waals surface area contributed by atoms with E-state index >= 15 is 0 Å². The molecule has 7 heteroatoms. The van der Waals surface area contributed by atoms with E-state index in [1.807, 2.05) is 30.8 Å². The van der Waals surface area contributed by atoms with Gasteiger partial charge >= 0.3 is 0 Å². The normalized spacial score (nSPS) is 13.8. The molecule has 0 amide bonds. The lowest BCUT2D eigenvalue weighted by molar-refractivity contribution is 0.329. The fourth-order valence-corrected chi connectivity index (χ4v) is 3.92. The van der Waals surface area contributed by atoms with E-state index in [9.17, 15) is 0 Å². The fourth-order valence-electron chi connectivity index (χ4n) is 3.92. The van der Waals surface area contributed by atoms with Crippen LogP contribution < -0.4 is 10.1 Å². The van der Waals surface area contributed by atoms with Crippen molar-refractivity contribution >= 4 is 28.2 Å². The van der Waals surface area contributed by atoms with Gasteiger partial charge in [0.05, 0.1) is 36.1 Å². The Morgan fingerprint density at radius 3 is 2.66 bits per heavy atom. The molecular formula is C25H31N5O2. The molecule has 1 aliphatic rings. The highest BCUT2D eigenvalue weighted by Crippen LogP contribution is 2.33. The van der Waals surface area contributed by atoms with Gasteiger partial charge in [-0.1, -0.05) is 32.1 Å². The van der Waals surface area contributed by atoms with Crippen LogP contribution in [0.1, 0.15) is 50.1 Å². The molecule has 2 aromatic heterocycles. The highest BCUT2D eigenvalue weighted by atomic mass is 16.5. The Labute approximate surface area is 189 Å². The van der Waals surface area contributed by atoms with Gasteiger partial charge in [-0.2, -0.15) is 5.10 Å². The summed E-state index contributed by atoms with van der Waals surface area (Å²) in [6.07, 6.45) is 3.04. The van der Waals surface area contributed by atoms with Crippen molar-refractivity contribution in [2.75, 3.05) is 25.6 Å². The summed E-state index contributed by atoms with van der Waals surface area (Å²) in [5, 5.41) is 9.48. The molecule has 0 aliphatic carbocycles. The SMILES string of the molecule is CCOC1=NCCC=C1c1cc(NCc2ccc(OC)cc2)c2c(C(C)C)nn(C)c2n1. The van der Waals surface area contributed by atoms with Crippen LogP contribution in [0.2, 0.25) is 0 Å². The van der Waals surface area contributed by atoms with Crippen molar-refractivity contribution in [3.63, 3.8) is 0 Å². The summed E-state index contributed by atoms with van der Waals surface area (Å²) in [5.41, 5.74) is 5.86. The predicted octanol–water partition coefficient (Wildman–Crippen LogP) is 4.93. The zero-order chi connectivity index (χ0) is 22.7. The lowest BCUT2D eigenvalue weighted by Gasteiger charge is -2.17. The molecular weight excluding hydrogens is 402 g/mol. The highest BCUT2D eigenvalue weighted by Gasteiger charge is 2.22. The van der Waals surface area contributed by atoms with Gasteiger partial charge in [0, 0.05) is 25.8 Å². The minimum Gasteiger partial charge on any atom is -0.497 e. The second-order valence-corrected chi connectivity index (χ2v) is 8.15. The Kier molecular flexibility index (Phi) is 6.44. The molecule has 0 saturated heterocycles. The van der Waals surface area contributed by atoms with Crippen molar-refractivity contribution in [3.8, 4) is 5.75 Å². The second-order valence-electron chi connectivity index (χ2n) is 8.15. The second kappa shape index (κ2) is 9.42. The van der Waals surface area contributed by atoms with E-state index < -0.39 is 0 Å². The van der Waals surface area contributed by atoms with Gasteiger partial charge in [-0.15, -0.1) is 0 Å². The van der Waals surface area contributed by atoms with E-state index in [-0.39, 0.29) is 5.92 Å². The molecule has 1 N–H and O–H groups in total. The molecule has 0 bridgehead atoms. The first kappa shape index (κ1) is 21.9. The zero-order valence-electron chi connectivity index (χ0n) is 19.5. The summed E-state index contributed by atoms with van der Waals surface area (Å²) in [4.78, 5) is 9.57. The van der Waals surface area contributed by atoms with E-state index in [0.717, 1.165) is 52.4 Å². The van der Waals surface area contributed by atoms with Crippen LogP contribution in [0.15, 0.2) is 41.4 Å². The van der Waals surface area contributed by atoms with E-state index in [1.165, 1.54) is 5.56 Å². The van der Waals surface area contributed by atoms with Gasteiger partial charge in [-0.25, -0.2) is 4.98 Å². The Hall–Kier alpha value is -3.35. The molecule has 32 heavy (non-hydrogen) atoms.